The lowest BCUT2D eigenvalue weighted by atomic mass is 10.2. The van der Waals surface area contributed by atoms with Crippen molar-refractivity contribution in [1.82, 2.24) is 24.5 Å². The first-order valence-electron chi connectivity index (χ1n) is 8.20. The van der Waals surface area contributed by atoms with E-state index in [0.717, 1.165) is 48.1 Å². The second-order valence-electron chi connectivity index (χ2n) is 5.81. The number of rotatable bonds is 6. The Morgan fingerprint density at radius 3 is 2.81 bits per heavy atom. The predicted octanol–water partition coefficient (Wildman–Crippen LogP) is 3.84. The van der Waals surface area contributed by atoms with E-state index in [-0.39, 0.29) is 0 Å². The van der Waals surface area contributed by atoms with Crippen LogP contribution in [0.3, 0.4) is 0 Å². The normalized spacial score (nSPS) is 11.5. The third kappa shape index (κ3) is 3.33. The minimum absolute atomic E-state index is 0.612. The SMILES string of the molecule is COCCSc1sc2nc(-c3nccs3)nc(-c3cnc(C)n3C)c2c1N. The minimum Gasteiger partial charge on any atom is -0.397 e. The monoisotopic (exact) mass is 418 g/mol. The Hall–Kier alpha value is -2.01. The first kappa shape index (κ1) is 18.4. The van der Waals surface area contributed by atoms with Crippen LogP contribution in [0.15, 0.2) is 22.0 Å². The van der Waals surface area contributed by atoms with Gasteiger partial charge in [-0.25, -0.2) is 19.9 Å². The first-order valence-corrected chi connectivity index (χ1v) is 10.9. The molecule has 140 valence electrons. The van der Waals surface area contributed by atoms with Gasteiger partial charge in [0.05, 0.1) is 33.8 Å². The molecule has 0 bridgehead atoms. The molecular weight excluding hydrogens is 400 g/mol. The molecule has 4 heterocycles. The van der Waals surface area contributed by atoms with Crippen molar-refractivity contribution in [2.45, 2.75) is 11.1 Å². The molecule has 0 atom stereocenters. The summed E-state index contributed by atoms with van der Waals surface area (Å²) in [6.45, 7) is 2.63. The Bertz CT molecular complexity index is 1090. The van der Waals surface area contributed by atoms with E-state index in [2.05, 4.69) is 9.97 Å². The maximum atomic E-state index is 6.51. The van der Waals surface area contributed by atoms with Gasteiger partial charge in [0.15, 0.2) is 10.8 Å². The molecule has 0 aliphatic carbocycles. The van der Waals surface area contributed by atoms with E-state index < -0.39 is 0 Å². The zero-order valence-electron chi connectivity index (χ0n) is 15.1. The van der Waals surface area contributed by atoms with Crippen molar-refractivity contribution >= 4 is 50.3 Å². The molecule has 0 unspecified atom stereocenters. The Morgan fingerprint density at radius 2 is 2.15 bits per heavy atom. The number of hydrogen-bond donors (Lipinski definition) is 1. The fourth-order valence-corrected chi connectivity index (χ4v) is 5.48. The van der Waals surface area contributed by atoms with Crippen molar-refractivity contribution in [2.75, 3.05) is 25.2 Å². The van der Waals surface area contributed by atoms with Gasteiger partial charge in [0, 0.05) is 31.5 Å². The van der Waals surface area contributed by atoms with Gasteiger partial charge < -0.3 is 15.0 Å². The molecule has 0 spiro atoms. The van der Waals surface area contributed by atoms with Crippen molar-refractivity contribution in [3.63, 3.8) is 0 Å². The Kier molecular flexibility index (Phi) is 5.13. The fourth-order valence-electron chi connectivity index (χ4n) is 2.66. The number of thiazole rings is 1. The molecule has 0 saturated heterocycles. The summed E-state index contributed by atoms with van der Waals surface area (Å²) in [4.78, 5) is 19.2. The van der Waals surface area contributed by atoms with E-state index in [9.17, 15) is 0 Å². The van der Waals surface area contributed by atoms with Gasteiger partial charge in [-0.05, 0) is 6.92 Å². The number of thiophene rings is 1. The zero-order chi connectivity index (χ0) is 19.0. The van der Waals surface area contributed by atoms with E-state index in [4.69, 9.17) is 20.4 Å². The van der Waals surface area contributed by atoms with Crippen LogP contribution >= 0.6 is 34.4 Å². The van der Waals surface area contributed by atoms with Crippen LogP contribution in [0.25, 0.3) is 32.4 Å². The highest BCUT2D eigenvalue weighted by Crippen LogP contribution is 2.44. The average Bonchev–Trinajstić information content (AvgIpc) is 3.37. The lowest BCUT2D eigenvalue weighted by Crippen LogP contribution is -2.00. The van der Waals surface area contributed by atoms with Crippen molar-refractivity contribution in [3.05, 3.63) is 23.6 Å². The molecule has 2 N–H and O–H groups in total. The van der Waals surface area contributed by atoms with Gasteiger partial charge >= 0.3 is 0 Å². The van der Waals surface area contributed by atoms with Crippen LogP contribution in [0.1, 0.15) is 5.82 Å². The van der Waals surface area contributed by atoms with Gasteiger partial charge in [0.25, 0.3) is 0 Å². The highest BCUT2D eigenvalue weighted by Gasteiger charge is 2.22. The molecule has 0 aliphatic heterocycles. The molecule has 0 aliphatic rings. The van der Waals surface area contributed by atoms with Crippen LogP contribution in [-0.2, 0) is 11.8 Å². The summed E-state index contributed by atoms with van der Waals surface area (Å²) in [6, 6.07) is 0. The largest absolute Gasteiger partial charge is 0.397 e. The van der Waals surface area contributed by atoms with E-state index in [1.165, 1.54) is 11.3 Å². The molecule has 4 rings (SSSR count). The molecule has 0 amide bonds. The number of thioether (sulfide) groups is 1. The van der Waals surface area contributed by atoms with E-state index in [1.807, 2.05) is 30.1 Å². The van der Waals surface area contributed by atoms with Crippen LogP contribution in [0.4, 0.5) is 5.69 Å². The molecular formula is C17H18N6OS3. The minimum atomic E-state index is 0.612. The van der Waals surface area contributed by atoms with Gasteiger partial charge in [-0.15, -0.1) is 34.4 Å². The van der Waals surface area contributed by atoms with Gasteiger partial charge in [0.1, 0.15) is 16.3 Å². The summed E-state index contributed by atoms with van der Waals surface area (Å²) < 4.78 is 8.20. The second kappa shape index (κ2) is 7.55. The average molecular weight is 419 g/mol. The van der Waals surface area contributed by atoms with Gasteiger partial charge in [0.2, 0.25) is 0 Å². The third-order valence-corrected chi connectivity index (χ3v) is 7.28. The lowest BCUT2D eigenvalue weighted by Gasteiger charge is -2.07. The lowest BCUT2D eigenvalue weighted by molar-refractivity contribution is 0.218. The molecule has 27 heavy (non-hydrogen) atoms. The molecule has 7 nitrogen and oxygen atoms in total. The number of ether oxygens (including phenoxy) is 1. The zero-order valence-corrected chi connectivity index (χ0v) is 17.5. The number of aryl methyl sites for hydroxylation is 1. The van der Waals surface area contributed by atoms with Crippen molar-refractivity contribution in [3.8, 4) is 22.2 Å². The van der Waals surface area contributed by atoms with Crippen molar-refractivity contribution < 1.29 is 4.74 Å². The quantitative estimate of drug-likeness (QED) is 0.376. The molecule has 4 aromatic heterocycles. The number of methoxy groups -OCH3 is 1. The summed E-state index contributed by atoms with van der Waals surface area (Å²) in [7, 11) is 3.68. The molecule has 0 aromatic carbocycles. The van der Waals surface area contributed by atoms with E-state index >= 15 is 0 Å². The van der Waals surface area contributed by atoms with Crippen LogP contribution in [0.2, 0.25) is 0 Å². The predicted molar refractivity (Wildman–Crippen MR) is 112 cm³/mol. The van der Waals surface area contributed by atoms with Crippen LogP contribution in [0.5, 0.6) is 0 Å². The standard InChI is InChI=1S/C17H18N6OS3/c1-9-20-8-10(23(9)2)13-11-12(18)17(26-7-5-24-3)27-15(11)22-14(21-13)16-19-4-6-25-16/h4,6,8H,5,7,18H2,1-3H3. The van der Waals surface area contributed by atoms with E-state index in [0.29, 0.717) is 12.4 Å². The van der Waals surface area contributed by atoms with Crippen LogP contribution in [-0.4, -0.2) is 44.0 Å². The summed E-state index contributed by atoms with van der Waals surface area (Å²) in [5, 5.41) is 3.59. The maximum Gasteiger partial charge on any atom is 0.190 e. The Morgan fingerprint density at radius 1 is 1.30 bits per heavy atom. The molecule has 4 aromatic rings. The molecule has 0 saturated carbocycles. The van der Waals surface area contributed by atoms with Gasteiger partial charge in [-0.2, -0.15) is 0 Å². The number of anilines is 1. The number of hydrogen-bond acceptors (Lipinski definition) is 9. The smallest absolute Gasteiger partial charge is 0.190 e. The highest BCUT2D eigenvalue weighted by atomic mass is 32.2. The highest BCUT2D eigenvalue weighted by molar-refractivity contribution is 8.01. The van der Waals surface area contributed by atoms with Crippen LogP contribution < -0.4 is 5.73 Å². The number of aromatic nitrogens is 5. The number of nitrogens with zero attached hydrogens (tertiary/aromatic N) is 5. The summed E-state index contributed by atoms with van der Waals surface area (Å²) >= 11 is 4.78. The number of nitrogen functional groups attached to an aromatic ring is 1. The number of nitrogens with two attached hydrogens (primary N) is 1. The number of imidazole rings is 1. The van der Waals surface area contributed by atoms with Crippen LogP contribution in [0, 0.1) is 6.92 Å². The second-order valence-corrected chi connectivity index (χ2v) is 9.06. The Labute approximate surface area is 168 Å². The summed E-state index contributed by atoms with van der Waals surface area (Å²) in [6.07, 6.45) is 3.59. The summed E-state index contributed by atoms with van der Waals surface area (Å²) in [5.74, 6) is 2.36. The molecule has 10 heteroatoms. The van der Waals surface area contributed by atoms with E-state index in [1.54, 1.807) is 36.4 Å². The maximum absolute atomic E-state index is 6.51. The topological polar surface area (TPSA) is 91.7 Å². The molecule has 0 fully saturated rings. The third-order valence-electron chi connectivity index (χ3n) is 4.16. The van der Waals surface area contributed by atoms with Gasteiger partial charge in [-0.3, -0.25) is 0 Å². The Balaban J connectivity index is 1.93. The fraction of sp³-hybridized carbons (Fsp3) is 0.294. The van der Waals surface area contributed by atoms with Gasteiger partial charge in [-0.1, -0.05) is 0 Å². The number of fused-ring (bicyclic) bond motifs is 1. The van der Waals surface area contributed by atoms with Crippen molar-refractivity contribution in [1.29, 1.82) is 0 Å². The first-order chi connectivity index (χ1) is 13.1. The summed E-state index contributed by atoms with van der Waals surface area (Å²) in [5.41, 5.74) is 8.93. The molecule has 0 radical (unpaired) electrons. The van der Waals surface area contributed by atoms with Crippen molar-refractivity contribution in [2.24, 2.45) is 7.05 Å².